The van der Waals surface area contributed by atoms with Crippen molar-refractivity contribution in [1.29, 1.82) is 0 Å². The monoisotopic (exact) mass is 348 g/mol. The van der Waals surface area contributed by atoms with Gasteiger partial charge in [0.1, 0.15) is 0 Å². The van der Waals surface area contributed by atoms with E-state index in [1.54, 1.807) is 0 Å². The first-order valence-electron chi connectivity index (χ1n) is 5.95. The van der Waals surface area contributed by atoms with Crippen LogP contribution in [0.3, 0.4) is 0 Å². The summed E-state index contributed by atoms with van der Waals surface area (Å²) in [5.74, 6) is 0. The predicted molar refractivity (Wildman–Crippen MR) is 71.9 cm³/mol. The first-order valence-corrected chi connectivity index (χ1v) is 12.7. The maximum absolute atomic E-state index is 5.82. The van der Waals surface area contributed by atoms with Gasteiger partial charge in [-0.25, -0.2) is 0 Å². The van der Waals surface area contributed by atoms with Gasteiger partial charge in [-0.2, -0.15) is 0 Å². The van der Waals surface area contributed by atoms with Gasteiger partial charge in [-0.15, -0.1) is 0 Å². The summed E-state index contributed by atoms with van der Waals surface area (Å²) in [6.45, 7) is 3.85. The number of nitrogens with zero attached hydrogens (tertiary/aromatic N) is 1. The molecule has 0 unspecified atom stereocenters. The van der Waals surface area contributed by atoms with E-state index in [0.717, 1.165) is 19.6 Å². The molecule has 0 N–H and O–H groups in total. The van der Waals surface area contributed by atoms with Gasteiger partial charge in [-0.3, -0.25) is 0 Å². The van der Waals surface area contributed by atoms with Gasteiger partial charge in [-0.05, 0) is 0 Å². The number of halogens is 1. The summed E-state index contributed by atoms with van der Waals surface area (Å²) in [6.07, 6.45) is 3.10. The molecule has 0 atom stereocenters. The molecule has 0 bridgehead atoms. The first-order chi connectivity index (χ1) is 8.14. The van der Waals surface area contributed by atoms with Gasteiger partial charge in [0.05, 0.1) is 0 Å². The number of rotatable bonds is 7. The maximum atomic E-state index is 5.82. The van der Waals surface area contributed by atoms with Crippen LogP contribution in [0.2, 0.25) is 0 Å². The van der Waals surface area contributed by atoms with Gasteiger partial charge in [0, 0.05) is 0 Å². The summed E-state index contributed by atoms with van der Waals surface area (Å²) in [5, 5.41) is 0. The van der Waals surface area contributed by atoms with Crippen LogP contribution in [0.5, 0.6) is 0 Å². The Morgan fingerprint density at radius 2 is 1.94 bits per heavy atom. The molecule has 0 spiro atoms. The molecule has 0 saturated heterocycles. The van der Waals surface area contributed by atoms with Crippen LogP contribution in [-0.4, -0.2) is 33.7 Å². The molecule has 0 radical (unpaired) electrons. The van der Waals surface area contributed by atoms with E-state index in [9.17, 15) is 0 Å². The SMILES string of the molecule is CCO[I-](C)(C)CCCN=Cc1ccccc1. The van der Waals surface area contributed by atoms with Gasteiger partial charge < -0.3 is 0 Å². The van der Waals surface area contributed by atoms with Gasteiger partial charge in [0.2, 0.25) is 0 Å². The van der Waals surface area contributed by atoms with Crippen LogP contribution in [0.15, 0.2) is 35.3 Å². The standard InChI is InChI=1S/C14H23INO/c1-4-17-15(2,3)11-8-12-16-13-14-9-6-5-7-10-14/h5-7,9-10,13H,4,8,11-12H2,1-3H3/q-1. The molecule has 1 rings (SSSR count). The molecule has 0 aliphatic carbocycles. The van der Waals surface area contributed by atoms with Crippen molar-refractivity contribution in [3.63, 3.8) is 0 Å². The molecule has 0 aliphatic rings. The third-order valence-corrected chi connectivity index (χ3v) is 7.99. The van der Waals surface area contributed by atoms with Gasteiger partial charge in [-0.1, -0.05) is 0 Å². The Balaban J connectivity index is 2.22. The summed E-state index contributed by atoms with van der Waals surface area (Å²) in [6, 6.07) is 10.2. The van der Waals surface area contributed by atoms with Crippen LogP contribution in [-0.2, 0) is 3.07 Å². The number of hydrogen-bond donors (Lipinski definition) is 0. The van der Waals surface area contributed by atoms with E-state index in [0.29, 0.717) is 0 Å². The molecule has 0 heterocycles. The minimum absolute atomic E-state index is 0.858. The molecule has 0 aromatic heterocycles. The predicted octanol–water partition coefficient (Wildman–Crippen LogP) is -0.133. The fourth-order valence-electron chi connectivity index (χ4n) is 1.53. The van der Waals surface area contributed by atoms with Crippen molar-refractivity contribution in [3.8, 4) is 0 Å². The van der Waals surface area contributed by atoms with Crippen LogP contribution >= 0.6 is 0 Å². The average molecular weight is 348 g/mol. The summed E-state index contributed by atoms with van der Waals surface area (Å²) in [7, 11) is 0. The van der Waals surface area contributed by atoms with E-state index in [1.807, 2.05) is 24.4 Å². The molecule has 1 aromatic carbocycles. The summed E-state index contributed by atoms with van der Waals surface area (Å²) >= 11 is -1.82. The van der Waals surface area contributed by atoms with Gasteiger partial charge in [0.25, 0.3) is 0 Å². The Labute approximate surface area is 110 Å². The van der Waals surface area contributed by atoms with Crippen LogP contribution in [0.4, 0.5) is 0 Å². The topological polar surface area (TPSA) is 21.6 Å². The molecular formula is C14H23INO-. The summed E-state index contributed by atoms with van der Waals surface area (Å²) in [5.41, 5.74) is 1.18. The second-order valence-corrected chi connectivity index (χ2v) is 13.5. The van der Waals surface area contributed by atoms with E-state index in [1.165, 1.54) is 9.99 Å². The Morgan fingerprint density at radius 3 is 2.59 bits per heavy atom. The second-order valence-electron chi connectivity index (χ2n) is 4.22. The van der Waals surface area contributed by atoms with E-state index >= 15 is 0 Å². The Bertz CT molecular complexity index is 335. The zero-order valence-electron chi connectivity index (χ0n) is 11.0. The normalized spacial score (nSPS) is 13.1. The summed E-state index contributed by atoms with van der Waals surface area (Å²) < 4.78 is 7.05. The second kappa shape index (κ2) is 7.82. The first kappa shape index (κ1) is 14.6. The molecular weight excluding hydrogens is 325 g/mol. The zero-order chi connectivity index (χ0) is 12.6. The fraction of sp³-hybridized carbons (Fsp3) is 0.500. The van der Waals surface area contributed by atoms with E-state index in [-0.39, 0.29) is 0 Å². The zero-order valence-corrected chi connectivity index (χ0v) is 13.2. The number of hydrogen-bond acceptors (Lipinski definition) is 2. The molecule has 2 nitrogen and oxygen atoms in total. The van der Waals surface area contributed by atoms with E-state index in [4.69, 9.17) is 3.07 Å². The van der Waals surface area contributed by atoms with E-state index < -0.39 is 18.8 Å². The third kappa shape index (κ3) is 6.78. The fourth-order valence-corrected chi connectivity index (χ4v) is 5.71. The van der Waals surface area contributed by atoms with Crippen molar-refractivity contribution in [1.82, 2.24) is 0 Å². The summed E-state index contributed by atoms with van der Waals surface area (Å²) in [4.78, 5) is 9.09. The number of benzene rings is 1. The Morgan fingerprint density at radius 1 is 1.24 bits per heavy atom. The average Bonchev–Trinajstić information content (AvgIpc) is 2.30. The Hall–Kier alpha value is -0.420. The molecule has 1 aromatic rings. The van der Waals surface area contributed by atoms with Crippen LogP contribution in [0, 0.1) is 0 Å². The van der Waals surface area contributed by atoms with Crippen molar-refractivity contribution >= 4 is 6.21 Å². The molecule has 3 heteroatoms. The van der Waals surface area contributed by atoms with Gasteiger partial charge in [0.15, 0.2) is 0 Å². The number of aliphatic imine (C=N–C) groups is 1. The molecule has 17 heavy (non-hydrogen) atoms. The molecule has 0 fully saturated rings. The quantitative estimate of drug-likeness (QED) is 0.291. The van der Waals surface area contributed by atoms with E-state index in [2.05, 4.69) is 33.9 Å². The number of alkyl halides is 3. The van der Waals surface area contributed by atoms with Crippen molar-refractivity contribution in [2.24, 2.45) is 4.99 Å². The molecule has 98 valence electrons. The molecule has 0 aliphatic heterocycles. The van der Waals surface area contributed by atoms with Crippen LogP contribution in [0.25, 0.3) is 0 Å². The minimum atomic E-state index is -1.82. The van der Waals surface area contributed by atoms with Crippen molar-refractivity contribution in [3.05, 3.63) is 35.9 Å². The van der Waals surface area contributed by atoms with Gasteiger partial charge >= 0.3 is 110 Å². The van der Waals surface area contributed by atoms with Crippen molar-refractivity contribution in [2.75, 3.05) is 27.4 Å². The molecule has 0 saturated carbocycles. The van der Waals surface area contributed by atoms with Crippen molar-refractivity contribution < 1.29 is 21.9 Å². The van der Waals surface area contributed by atoms with Crippen LogP contribution in [0.1, 0.15) is 18.9 Å². The molecule has 0 amide bonds. The van der Waals surface area contributed by atoms with Crippen LogP contribution < -0.4 is 18.8 Å². The third-order valence-electron chi connectivity index (χ3n) is 2.32. The van der Waals surface area contributed by atoms with Crippen molar-refractivity contribution in [2.45, 2.75) is 13.3 Å². The Kier molecular flexibility index (Phi) is 6.73.